The maximum atomic E-state index is 5.74. The van der Waals surface area contributed by atoms with Gasteiger partial charge in [-0.3, -0.25) is 16.0 Å². The Morgan fingerprint density at radius 3 is 2.84 bits per heavy atom. The molecule has 0 saturated heterocycles. The first-order valence-corrected chi connectivity index (χ1v) is 6.55. The predicted octanol–water partition coefficient (Wildman–Crippen LogP) is 1.75. The third kappa shape index (κ3) is 2.78. The summed E-state index contributed by atoms with van der Waals surface area (Å²) in [6.07, 6.45) is 0.941. The molecule has 0 aliphatic heterocycles. The smallest absolute Gasteiger partial charge is 0.0888 e. The Hall–Kier alpha value is -1.43. The van der Waals surface area contributed by atoms with Gasteiger partial charge in [0.25, 0.3) is 0 Å². The number of nitrogens with two attached hydrogens (primary N) is 1. The summed E-state index contributed by atoms with van der Waals surface area (Å²) < 4.78 is 7.04. The summed E-state index contributed by atoms with van der Waals surface area (Å²) in [6, 6.07) is 8.24. The first-order valence-electron chi connectivity index (χ1n) is 6.55. The van der Waals surface area contributed by atoms with E-state index in [-0.39, 0.29) is 6.04 Å². The van der Waals surface area contributed by atoms with Gasteiger partial charge in [0.05, 0.1) is 17.3 Å². The van der Waals surface area contributed by atoms with Gasteiger partial charge in [0.15, 0.2) is 0 Å². The number of fused-ring (bicyclic) bond motifs is 1. The van der Waals surface area contributed by atoms with Gasteiger partial charge in [-0.1, -0.05) is 25.1 Å². The van der Waals surface area contributed by atoms with E-state index in [9.17, 15) is 0 Å². The number of hydrogen-bond donors (Lipinski definition) is 2. The fourth-order valence-electron chi connectivity index (χ4n) is 2.45. The van der Waals surface area contributed by atoms with E-state index in [0.29, 0.717) is 5.92 Å². The quantitative estimate of drug-likeness (QED) is 0.615. The molecule has 1 aromatic carbocycles. The SMILES string of the molecule is COCCC(C)C(NN)c1nn(C)c2ccccc12. The van der Waals surface area contributed by atoms with Gasteiger partial charge < -0.3 is 4.74 Å². The summed E-state index contributed by atoms with van der Waals surface area (Å²) in [4.78, 5) is 0. The maximum Gasteiger partial charge on any atom is 0.0888 e. The highest BCUT2D eigenvalue weighted by Gasteiger charge is 2.23. The third-order valence-corrected chi connectivity index (χ3v) is 3.61. The first kappa shape index (κ1) is 14.0. The largest absolute Gasteiger partial charge is 0.385 e. The number of aryl methyl sites for hydroxylation is 1. The van der Waals surface area contributed by atoms with Crippen LogP contribution in [0.5, 0.6) is 0 Å². The van der Waals surface area contributed by atoms with Crippen molar-refractivity contribution in [3.05, 3.63) is 30.0 Å². The molecule has 5 nitrogen and oxygen atoms in total. The van der Waals surface area contributed by atoms with Crippen molar-refractivity contribution in [2.24, 2.45) is 18.8 Å². The predicted molar refractivity (Wildman–Crippen MR) is 76.4 cm³/mol. The molecule has 0 saturated carbocycles. The number of nitrogens with zero attached hydrogens (tertiary/aromatic N) is 2. The summed E-state index contributed by atoms with van der Waals surface area (Å²) in [5.41, 5.74) is 5.03. The van der Waals surface area contributed by atoms with Crippen LogP contribution in [-0.2, 0) is 11.8 Å². The zero-order chi connectivity index (χ0) is 13.8. The molecule has 0 radical (unpaired) electrons. The Bertz CT molecular complexity index is 537. The number of para-hydroxylation sites is 1. The molecular formula is C14H22N4O. The number of hydrazine groups is 1. The minimum Gasteiger partial charge on any atom is -0.385 e. The topological polar surface area (TPSA) is 65.1 Å². The molecule has 0 bridgehead atoms. The van der Waals surface area contributed by atoms with Crippen LogP contribution in [0.1, 0.15) is 25.1 Å². The van der Waals surface area contributed by atoms with Gasteiger partial charge in [0.1, 0.15) is 0 Å². The van der Waals surface area contributed by atoms with Gasteiger partial charge in [0, 0.05) is 26.2 Å². The van der Waals surface area contributed by atoms with Gasteiger partial charge in [-0.2, -0.15) is 5.10 Å². The lowest BCUT2D eigenvalue weighted by Crippen LogP contribution is -2.33. The van der Waals surface area contributed by atoms with Crippen molar-refractivity contribution in [3.63, 3.8) is 0 Å². The summed E-state index contributed by atoms with van der Waals surface area (Å²) in [6.45, 7) is 2.89. The Balaban J connectivity index is 2.35. The van der Waals surface area contributed by atoms with E-state index in [1.54, 1.807) is 7.11 Å². The third-order valence-electron chi connectivity index (χ3n) is 3.61. The minimum atomic E-state index is 0.0289. The molecule has 3 N–H and O–H groups in total. The monoisotopic (exact) mass is 262 g/mol. The van der Waals surface area contributed by atoms with Crippen molar-refractivity contribution in [2.45, 2.75) is 19.4 Å². The van der Waals surface area contributed by atoms with E-state index in [4.69, 9.17) is 10.6 Å². The maximum absolute atomic E-state index is 5.74. The van der Waals surface area contributed by atoms with Crippen LogP contribution < -0.4 is 11.3 Å². The summed E-state index contributed by atoms with van der Waals surface area (Å²) in [5, 5.41) is 5.77. The molecule has 0 aliphatic rings. The number of nitrogens with one attached hydrogen (secondary N) is 1. The Morgan fingerprint density at radius 2 is 2.16 bits per heavy atom. The van der Waals surface area contributed by atoms with Crippen LogP contribution in [0.3, 0.4) is 0 Å². The van der Waals surface area contributed by atoms with Crippen molar-refractivity contribution in [1.29, 1.82) is 0 Å². The number of aromatic nitrogens is 2. The van der Waals surface area contributed by atoms with E-state index in [2.05, 4.69) is 29.6 Å². The molecule has 104 valence electrons. The molecule has 1 aromatic heterocycles. The zero-order valence-electron chi connectivity index (χ0n) is 11.8. The lowest BCUT2D eigenvalue weighted by atomic mass is 9.94. The first-order chi connectivity index (χ1) is 9.19. The van der Waals surface area contributed by atoms with Gasteiger partial charge in [0.2, 0.25) is 0 Å². The lowest BCUT2D eigenvalue weighted by molar-refractivity contribution is 0.170. The summed E-state index contributed by atoms with van der Waals surface area (Å²) >= 11 is 0. The second kappa shape index (κ2) is 6.14. The van der Waals surface area contributed by atoms with E-state index in [1.165, 1.54) is 0 Å². The number of benzene rings is 1. The fraction of sp³-hybridized carbons (Fsp3) is 0.500. The van der Waals surface area contributed by atoms with E-state index in [1.807, 2.05) is 23.9 Å². The molecular weight excluding hydrogens is 240 g/mol. The van der Waals surface area contributed by atoms with Gasteiger partial charge in [-0.15, -0.1) is 0 Å². The van der Waals surface area contributed by atoms with Gasteiger partial charge >= 0.3 is 0 Å². The molecule has 5 heteroatoms. The number of ether oxygens (including phenoxy) is 1. The standard InChI is InChI=1S/C14H22N4O/c1-10(8-9-19-3)13(16-15)14-11-6-4-5-7-12(11)18(2)17-14/h4-7,10,13,16H,8-9,15H2,1-3H3. The van der Waals surface area contributed by atoms with Crippen LogP contribution in [0.25, 0.3) is 10.9 Å². The van der Waals surface area contributed by atoms with Crippen LogP contribution in [0, 0.1) is 5.92 Å². The molecule has 1 heterocycles. The molecule has 0 amide bonds. The van der Waals surface area contributed by atoms with Crippen LogP contribution >= 0.6 is 0 Å². The fourth-order valence-corrected chi connectivity index (χ4v) is 2.45. The van der Waals surface area contributed by atoms with Crippen molar-refractivity contribution in [3.8, 4) is 0 Å². The lowest BCUT2D eigenvalue weighted by Gasteiger charge is -2.21. The normalized spacial score (nSPS) is 14.7. The van der Waals surface area contributed by atoms with Crippen molar-refractivity contribution < 1.29 is 4.74 Å². The Morgan fingerprint density at radius 1 is 1.42 bits per heavy atom. The average Bonchev–Trinajstić information content (AvgIpc) is 2.75. The highest BCUT2D eigenvalue weighted by molar-refractivity contribution is 5.82. The summed E-state index contributed by atoms with van der Waals surface area (Å²) in [7, 11) is 3.67. The molecule has 2 unspecified atom stereocenters. The van der Waals surface area contributed by atoms with Crippen LogP contribution in [-0.4, -0.2) is 23.5 Å². The Labute approximate surface area is 113 Å². The highest BCUT2D eigenvalue weighted by Crippen LogP contribution is 2.29. The summed E-state index contributed by atoms with van der Waals surface area (Å²) in [5.74, 6) is 6.09. The second-order valence-corrected chi connectivity index (χ2v) is 4.93. The molecule has 0 aliphatic carbocycles. The number of methoxy groups -OCH3 is 1. The minimum absolute atomic E-state index is 0.0289. The molecule has 0 fully saturated rings. The van der Waals surface area contributed by atoms with E-state index in [0.717, 1.165) is 29.6 Å². The zero-order valence-corrected chi connectivity index (χ0v) is 11.8. The van der Waals surface area contributed by atoms with Crippen LogP contribution in [0.4, 0.5) is 0 Å². The van der Waals surface area contributed by atoms with Crippen molar-refractivity contribution in [2.75, 3.05) is 13.7 Å². The Kier molecular flexibility index (Phi) is 4.52. The molecule has 2 aromatic rings. The van der Waals surface area contributed by atoms with Crippen LogP contribution in [0.15, 0.2) is 24.3 Å². The number of rotatable bonds is 6. The van der Waals surface area contributed by atoms with Crippen LogP contribution in [0.2, 0.25) is 0 Å². The highest BCUT2D eigenvalue weighted by atomic mass is 16.5. The second-order valence-electron chi connectivity index (χ2n) is 4.93. The van der Waals surface area contributed by atoms with E-state index < -0.39 is 0 Å². The van der Waals surface area contributed by atoms with Gasteiger partial charge in [-0.05, 0) is 18.4 Å². The van der Waals surface area contributed by atoms with E-state index >= 15 is 0 Å². The molecule has 19 heavy (non-hydrogen) atoms. The number of hydrogen-bond acceptors (Lipinski definition) is 4. The molecule has 2 atom stereocenters. The van der Waals surface area contributed by atoms with Gasteiger partial charge in [-0.25, -0.2) is 0 Å². The molecule has 2 rings (SSSR count). The van der Waals surface area contributed by atoms with Crippen molar-refractivity contribution in [1.82, 2.24) is 15.2 Å². The van der Waals surface area contributed by atoms with Crippen molar-refractivity contribution >= 4 is 10.9 Å². The average molecular weight is 262 g/mol. The molecule has 0 spiro atoms.